The lowest BCUT2D eigenvalue weighted by molar-refractivity contribution is -0.123. The zero-order valence-electron chi connectivity index (χ0n) is 9.17. The fourth-order valence-electron chi connectivity index (χ4n) is 1.38. The van der Waals surface area contributed by atoms with Crippen LogP contribution in [0.4, 0.5) is 0 Å². The first-order valence-electron chi connectivity index (χ1n) is 5.26. The van der Waals surface area contributed by atoms with E-state index in [0.29, 0.717) is 5.92 Å². The van der Waals surface area contributed by atoms with Crippen LogP contribution in [0.3, 0.4) is 0 Å². The second-order valence-electron chi connectivity index (χ2n) is 3.95. The molecule has 1 saturated heterocycles. The maximum atomic E-state index is 11.7. The number of thioether (sulfide) groups is 1. The summed E-state index contributed by atoms with van der Waals surface area (Å²) in [5.41, 5.74) is 0. The fraction of sp³-hybridized carbons (Fsp3) is 0.900. The molecule has 0 aromatic carbocycles. The van der Waals surface area contributed by atoms with E-state index in [9.17, 15) is 4.79 Å². The molecule has 4 heteroatoms. The van der Waals surface area contributed by atoms with Crippen LogP contribution in [0.25, 0.3) is 0 Å². The van der Waals surface area contributed by atoms with Crippen LogP contribution in [0.5, 0.6) is 0 Å². The van der Waals surface area contributed by atoms with Crippen LogP contribution in [0.15, 0.2) is 0 Å². The molecule has 14 heavy (non-hydrogen) atoms. The first-order valence-corrected chi connectivity index (χ1v) is 6.42. The Balaban J connectivity index is 2.31. The second-order valence-corrected chi connectivity index (χ2v) is 4.98. The van der Waals surface area contributed by atoms with Gasteiger partial charge >= 0.3 is 0 Å². The molecule has 1 aliphatic heterocycles. The fourth-order valence-corrected chi connectivity index (χ4v) is 2.33. The molecule has 82 valence electrons. The molecule has 0 spiro atoms. The van der Waals surface area contributed by atoms with Gasteiger partial charge < -0.3 is 5.32 Å². The highest BCUT2D eigenvalue weighted by atomic mass is 32.2. The quantitative estimate of drug-likeness (QED) is 0.742. The number of hydrogen-bond donors (Lipinski definition) is 2. The molecule has 1 rings (SSSR count). The standard InChI is InChI=1S/C10H20N2OS/c1-4-7(2)8(3)12-10(13)9-5-14-6-11-9/h7-9,11H,4-6H2,1-3H3,(H,12,13). The van der Waals surface area contributed by atoms with Crippen LogP contribution >= 0.6 is 11.8 Å². The number of amides is 1. The van der Waals surface area contributed by atoms with Crippen LogP contribution < -0.4 is 10.6 Å². The lowest BCUT2D eigenvalue weighted by Crippen LogP contribution is -2.47. The Morgan fingerprint density at radius 2 is 2.36 bits per heavy atom. The predicted octanol–water partition coefficient (Wildman–Crippen LogP) is 1.20. The Kier molecular flexibility index (Phi) is 4.75. The van der Waals surface area contributed by atoms with Gasteiger partial charge in [-0.3, -0.25) is 10.1 Å². The molecule has 0 aromatic rings. The summed E-state index contributed by atoms with van der Waals surface area (Å²) in [6.07, 6.45) is 1.11. The van der Waals surface area contributed by atoms with Gasteiger partial charge in [-0.05, 0) is 12.8 Å². The van der Waals surface area contributed by atoms with Crippen LogP contribution in [0.2, 0.25) is 0 Å². The van der Waals surface area contributed by atoms with Crippen molar-refractivity contribution in [3.05, 3.63) is 0 Å². The summed E-state index contributed by atoms with van der Waals surface area (Å²) in [6.45, 7) is 6.40. The highest BCUT2D eigenvalue weighted by Crippen LogP contribution is 2.11. The lowest BCUT2D eigenvalue weighted by Gasteiger charge is -2.21. The Morgan fingerprint density at radius 3 is 2.86 bits per heavy atom. The van der Waals surface area contributed by atoms with Crippen molar-refractivity contribution in [3.8, 4) is 0 Å². The van der Waals surface area contributed by atoms with E-state index in [1.54, 1.807) is 11.8 Å². The van der Waals surface area contributed by atoms with Crippen molar-refractivity contribution in [2.75, 3.05) is 11.6 Å². The van der Waals surface area contributed by atoms with Crippen molar-refractivity contribution in [2.45, 2.75) is 39.3 Å². The molecule has 0 saturated carbocycles. The second kappa shape index (κ2) is 5.61. The highest BCUT2D eigenvalue weighted by Gasteiger charge is 2.24. The van der Waals surface area contributed by atoms with Crippen molar-refractivity contribution in [2.24, 2.45) is 5.92 Å². The number of nitrogens with one attached hydrogen (secondary N) is 2. The van der Waals surface area contributed by atoms with E-state index in [4.69, 9.17) is 0 Å². The molecule has 3 nitrogen and oxygen atoms in total. The van der Waals surface area contributed by atoms with Crippen molar-refractivity contribution in [1.82, 2.24) is 10.6 Å². The van der Waals surface area contributed by atoms with E-state index in [1.165, 1.54) is 0 Å². The molecule has 0 radical (unpaired) electrons. The molecule has 1 heterocycles. The zero-order valence-corrected chi connectivity index (χ0v) is 9.99. The Bertz CT molecular complexity index is 193. The summed E-state index contributed by atoms with van der Waals surface area (Å²) >= 11 is 1.78. The largest absolute Gasteiger partial charge is 0.352 e. The molecule has 1 amide bonds. The van der Waals surface area contributed by atoms with Crippen LogP contribution in [0.1, 0.15) is 27.2 Å². The van der Waals surface area contributed by atoms with Crippen LogP contribution in [-0.2, 0) is 4.79 Å². The average molecular weight is 216 g/mol. The van der Waals surface area contributed by atoms with Gasteiger partial charge in [0.1, 0.15) is 0 Å². The minimum Gasteiger partial charge on any atom is -0.352 e. The molecule has 3 atom stereocenters. The van der Waals surface area contributed by atoms with Gasteiger partial charge in [-0.2, -0.15) is 0 Å². The van der Waals surface area contributed by atoms with E-state index in [1.807, 2.05) is 0 Å². The van der Waals surface area contributed by atoms with Gasteiger partial charge in [0.2, 0.25) is 5.91 Å². The predicted molar refractivity (Wildman–Crippen MR) is 61.3 cm³/mol. The molecule has 0 aromatic heterocycles. The van der Waals surface area contributed by atoms with Gasteiger partial charge in [0, 0.05) is 17.7 Å². The lowest BCUT2D eigenvalue weighted by atomic mass is 10.0. The smallest absolute Gasteiger partial charge is 0.238 e. The van der Waals surface area contributed by atoms with Crippen molar-refractivity contribution in [1.29, 1.82) is 0 Å². The molecule has 3 unspecified atom stereocenters. The third kappa shape index (κ3) is 3.17. The molecule has 1 fully saturated rings. The number of hydrogen-bond acceptors (Lipinski definition) is 3. The van der Waals surface area contributed by atoms with Gasteiger partial charge in [-0.25, -0.2) is 0 Å². The van der Waals surface area contributed by atoms with E-state index in [-0.39, 0.29) is 18.0 Å². The maximum absolute atomic E-state index is 11.7. The van der Waals surface area contributed by atoms with Crippen molar-refractivity contribution < 1.29 is 4.79 Å². The topological polar surface area (TPSA) is 41.1 Å². The summed E-state index contributed by atoms with van der Waals surface area (Å²) in [5, 5.41) is 6.23. The van der Waals surface area contributed by atoms with E-state index in [2.05, 4.69) is 31.4 Å². The Labute approximate surface area is 90.4 Å². The summed E-state index contributed by atoms with van der Waals surface area (Å²) in [4.78, 5) is 11.7. The molecule has 1 aliphatic rings. The number of rotatable bonds is 4. The summed E-state index contributed by atoms with van der Waals surface area (Å²) in [6, 6.07) is 0.298. The first-order chi connectivity index (χ1) is 6.65. The monoisotopic (exact) mass is 216 g/mol. The third-order valence-corrected chi connectivity index (χ3v) is 3.84. The van der Waals surface area contributed by atoms with E-state index >= 15 is 0 Å². The molecule has 0 aliphatic carbocycles. The molecule has 2 N–H and O–H groups in total. The summed E-state index contributed by atoms with van der Waals surface area (Å²) in [5.74, 6) is 2.50. The van der Waals surface area contributed by atoms with Crippen molar-refractivity contribution in [3.63, 3.8) is 0 Å². The zero-order chi connectivity index (χ0) is 10.6. The van der Waals surface area contributed by atoms with Gasteiger partial charge in [0.05, 0.1) is 6.04 Å². The van der Waals surface area contributed by atoms with Gasteiger partial charge in [-0.15, -0.1) is 11.8 Å². The summed E-state index contributed by atoms with van der Waals surface area (Å²) < 4.78 is 0. The van der Waals surface area contributed by atoms with Crippen LogP contribution in [-0.4, -0.2) is 29.6 Å². The van der Waals surface area contributed by atoms with Crippen LogP contribution in [0, 0.1) is 5.92 Å². The Hall–Kier alpha value is -0.220. The number of carbonyl (C=O) groups is 1. The number of carbonyl (C=O) groups excluding carboxylic acids is 1. The van der Waals surface area contributed by atoms with E-state index in [0.717, 1.165) is 18.1 Å². The highest BCUT2D eigenvalue weighted by molar-refractivity contribution is 7.99. The average Bonchev–Trinajstić information content (AvgIpc) is 2.69. The molecular weight excluding hydrogens is 196 g/mol. The molecule has 0 bridgehead atoms. The van der Waals surface area contributed by atoms with Gasteiger partial charge in [0.15, 0.2) is 0 Å². The Morgan fingerprint density at radius 1 is 1.64 bits per heavy atom. The normalized spacial score (nSPS) is 25.8. The minimum absolute atomic E-state index is 0.0199. The molecular formula is C10H20N2OS. The SMILES string of the molecule is CCC(C)C(C)NC(=O)C1CSCN1. The maximum Gasteiger partial charge on any atom is 0.238 e. The van der Waals surface area contributed by atoms with Crippen molar-refractivity contribution >= 4 is 17.7 Å². The van der Waals surface area contributed by atoms with Gasteiger partial charge in [0.25, 0.3) is 0 Å². The summed E-state index contributed by atoms with van der Waals surface area (Å²) in [7, 11) is 0. The van der Waals surface area contributed by atoms with Gasteiger partial charge in [-0.1, -0.05) is 20.3 Å². The minimum atomic E-state index is 0.0199. The van der Waals surface area contributed by atoms with E-state index < -0.39 is 0 Å². The third-order valence-electron chi connectivity index (χ3n) is 2.90. The first kappa shape index (κ1) is 11.9.